The summed E-state index contributed by atoms with van der Waals surface area (Å²) in [6.45, 7) is 0.802. The van der Waals surface area contributed by atoms with E-state index in [1.807, 2.05) is 42.5 Å². The van der Waals surface area contributed by atoms with Crippen molar-refractivity contribution in [3.63, 3.8) is 0 Å². The number of ether oxygens (including phenoxy) is 2. The molecule has 0 unspecified atom stereocenters. The summed E-state index contributed by atoms with van der Waals surface area (Å²) in [6, 6.07) is 20.1. The molecule has 0 aliphatic carbocycles. The summed E-state index contributed by atoms with van der Waals surface area (Å²) < 4.78 is 10.7. The number of rotatable bonds is 3. The lowest BCUT2D eigenvalue weighted by Gasteiger charge is -2.01. The Hall–Kier alpha value is -2.88. The van der Waals surface area contributed by atoms with Gasteiger partial charge in [0.1, 0.15) is 0 Å². The Morgan fingerprint density at radius 3 is 2.73 bits per heavy atom. The fourth-order valence-corrected chi connectivity index (χ4v) is 2.53. The number of hydrogen-bond acceptors (Lipinski definition) is 4. The lowest BCUT2D eigenvalue weighted by Crippen LogP contribution is -1.92. The van der Waals surface area contributed by atoms with Crippen molar-refractivity contribution in [2.24, 2.45) is 10.2 Å². The smallest absolute Gasteiger partial charge is 0.231 e. The van der Waals surface area contributed by atoms with Gasteiger partial charge in [-0.05, 0) is 29.1 Å². The Bertz CT molecular complexity index is 853. The summed E-state index contributed by atoms with van der Waals surface area (Å²) in [4.78, 5) is 0. The van der Waals surface area contributed by atoms with E-state index in [4.69, 9.17) is 9.47 Å². The average molecular weight is 290 g/mol. The Balaban J connectivity index is 1.56. The van der Waals surface area contributed by atoms with E-state index in [9.17, 15) is 0 Å². The zero-order valence-corrected chi connectivity index (χ0v) is 11.9. The Morgan fingerprint density at radius 1 is 0.864 bits per heavy atom. The predicted molar refractivity (Wildman–Crippen MR) is 84.7 cm³/mol. The van der Waals surface area contributed by atoms with Crippen molar-refractivity contribution in [1.82, 2.24) is 0 Å². The molecule has 0 saturated heterocycles. The molecule has 0 amide bonds. The molecule has 4 heteroatoms. The van der Waals surface area contributed by atoms with Crippen LogP contribution in [0.15, 0.2) is 70.9 Å². The molecule has 3 aromatic carbocycles. The van der Waals surface area contributed by atoms with Crippen LogP contribution in [-0.4, -0.2) is 6.79 Å². The molecule has 0 bridgehead atoms. The van der Waals surface area contributed by atoms with E-state index >= 15 is 0 Å². The highest BCUT2D eigenvalue weighted by molar-refractivity contribution is 5.92. The third-order valence-electron chi connectivity index (χ3n) is 3.64. The molecule has 0 aromatic heterocycles. The molecule has 4 nitrogen and oxygen atoms in total. The van der Waals surface area contributed by atoms with Crippen LogP contribution in [0.3, 0.4) is 0 Å². The highest BCUT2D eigenvalue weighted by Crippen LogP contribution is 2.33. The fraction of sp³-hybridized carbons (Fsp3) is 0.111. The van der Waals surface area contributed by atoms with Gasteiger partial charge in [0.25, 0.3) is 0 Å². The Kier molecular flexibility index (Phi) is 3.20. The number of benzene rings is 3. The highest BCUT2D eigenvalue weighted by atomic mass is 16.7. The summed E-state index contributed by atoms with van der Waals surface area (Å²) in [5.74, 6) is 1.56. The van der Waals surface area contributed by atoms with Gasteiger partial charge >= 0.3 is 0 Å². The third kappa shape index (κ3) is 2.39. The van der Waals surface area contributed by atoms with Gasteiger partial charge in [-0.25, -0.2) is 0 Å². The maximum Gasteiger partial charge on any atom is 0.231 e. The molecule has 3 aromatic rings. The molecule has 0 fully saturated rings. The third-order valence-corrected chi connectivity index (χ3v) is 3.64. The number of azo groups is 1. The van der Waals surface area contributed by atoms with E-state index in [0.29, 0.717) is 6.54 Å². The molecule has 0 atom stereocenters. The first-order chi connectivity index (χ1) is 10.9. The molecular formula is C18H14N2O2. The van der Waals surface area contributed by atoms with Crippen LogP contribution in [0.5, 0.6) is 11.5 Å². The normalized spacial score (nSPS) is 13.1. The quantitative estimate of drug-likeness (QED) is 0.647. The second-order valence-electron chi connectivity index (χ2n) is 5.09. The molecule has 22 heavy (non-hydrogen) atoms. The van der Waals surface area contributed by atoms with Gasteiger partial charge in [0.2, 0.25) is 6.79 Å². The van der Waals surface area contributed by atoms with E-state index < -0.39 is 0 Å². The number of hydrogen-bond donors (Lipinski definition) is 0. The van der Waals surface area contributed by atoms with Crippen molar-refractivity contribution >= 4 is 16.5 Å². The van der Waals surface area contributed by atoms with Crippen molar-refractivity contribution < 1.29 is 9.47 Å². The summed E-state index contributed by atoms with van der Waals surface area (Å²) >= 11 is 0. The second-order valence-corrected chi connectivity index (χ2v) is 5.09. The van der Waals surface area contributed by atoms with Crippen molar-refractivity contribution in [2.45, 2.75) is 6.54 Å². The lowest BCUT2D eigenvalue weighted by molar-refractivity contribution is 0.174. The zero-order chi connectivity index (χ0) is 14.8. The highest BCUT2D eigenvalue weighted by Gasteiger charge is 2.12. The van der Waals surface area contributed by atoms with Crippen molar-refractivity contribution in [2.75, 3.05) is 6.79 Å². The van der Waals surface area contributed by atoms with E-state index in [-0.39, 0.29) is 6.79 Å². The van der Waals surface area contributed by atoms with E-state index in [0.717, 1.165) is 28.1 Å². The van der Waals surface area contributed by atoms with Gasteiger partial charge < -0.3 is 9.47 Å². The fourth-order valence-electron chi connectivity index (χ4n) is 2.53. The minimum absolute atomic E-state index is 0.288. The van der Waals surface area contributed by atoms with Gasteiger partial charge in [-0.3, -0.25) is 0 Å². The molecule has 0 saturated carbocycles. The summed E-state index contributed by atoms with van der Waals surface area (Å²) in [6.07, 6.45) is 0. The number of fused-ring (bicyclic) bond motifs is 2. The van der Waals surface area contributed by atoms with Crippen LogP contribution in [0.25, 0.3) is 10.8 Å². The van der Waals surface area contributed by atoms with Gasteiger partial charge in [-0.15, -0.1) is 0 Å². The molecule has 1 heterocycles. The molecule has 108 valence electrons. The summed E-state index contributed by atoms with van der Waals surface area (Å²) in [7, 11) is 0. The van der Waals surface area contributed by atoms with Gasteiger partial charge in [-0.2, -0.15) is 10.2 Å². The van der Waals surface area contributed by atoms with E-state index in [2.05, 4.69) is 28.4 Å². The van der Waals surface area contributed by atoms with Crippen LogP contribution < -0.4 is 9.47 Å². The monoisotopic (exact) mass is 290 g/mol. The van der Waals surface area contributed by atoms with E-state index in [1.165, 1.54) is 5.39 Å². The molecule has 0 N–H and O–H groups in total. The van der Waals surface area contributed by atoms with Crippen molar-refractivity contribution in [3.8, 4) is 11.5 Å². The Labute approximate surface area is 128 Å². The van der Waals surface area contributed by atoms with Gasteiger partial charge in [-0.1, -0.05) is 42.5 Å². The predicted octanol–water partition coefficient (Wildman–Crippen LogP) is 4.85. The maximum absolute atomic E-state index is 5.37. The summed E-state index contributed by atoms with van der Waals surface area (Å²) in [5.41, 5.74) is 1.94. The van der Waals surface area contributed by atoms with Crippen LogP contribution >= 0.6 is 0 Å². The SMILES string of the molecule is c1ccc2c(N=NCc3ccc4c(c3)OCO4)cccc2c1. The first-order valence-electron chi connectivity index (χ1n) is 7.14. The van der Waals surface area contributed by atoms with Crippen LogP contribution in [0, 0.1) is 0 Å². The standard InChI is InChI=1S/C18H14N2O2/c1-2-6-15-14(4-1)5-3-7-16(15)20-19-11-13-8-9-17-18(10-13)22-12-21-17/h1-10H,11-12H2. The first-order valence-corrected chi connectivity index (χ1v) is 7.14. The molecule has 0 spiro atoms. The number of nitrogens with zero attached hydrogens (tertiary/aromatic N) is 2. The lowest BCUT2D eigenvalue weighted by atomic mass is 10.1. The largest absolute Gasteiger partial charge is 0.454 e. The summed E-state index contributed by atoms with van der Waals surface area (Å²) in [5, 5.41) is 11.0. The maximum atomic E-state index is 5.37. The first kappa shape index (κ1) is 12.8. The van der Waals surface area contributed by atoms with E-state index in [1.54, 1.807) is 0 Å². The average Bonchev–Trinajstić information content (AvgIpc) is 3.03. The van der Waals surface area contributed by atoms with Gasteiger partial charge in [0.15, 0.2) is 11.5 Å². The van der Waals surface area contributed by atoms with Crippen molar-refractivity contribution in [1.29, 1.82) is 0 Å². The van der Waals surface area contributed by atoms with Crippen LogP contribution in [0.2, 0.25) is 0 Å². The Morgan fingerprint density at radius 2 is 1.73 bits per heavy atom. The molecule has 1 aliphatic rings. The van der Waals surface area contributed by atoms with Crippen LogP contribution in [0.1, 0.15) is 5.56 Å². The van der Waals surface area contributed by atoms with Gasteiger partial charge in [0.05, 0.1) is 12.2 Å². The minimum atomic E-state index is 0.288. The molecular weight excluding hydrogens is 276 g/mol. The topological polar surface area (TPSA) is 43.2 Å². The van der Waals surface area contributed by atoms with Crippen molar-refractivity contribution in [3.05, 3.63) is 66.2 Å². The molecule has 4 rings (SSSR count). The molecule has 1 aliphatic heterocycles. The zero-order valence-electron chi connectivity index (χ0n) is 11.9. The van der Waals surface area contributed by atoms with Gasteiger partial charge in [0, 0.05) is 5.39 Å². The van der Waals surface area contributed by atoms with Crippen LogP contribution in [-0.2, 0) is 6.54 Å². The molecule has 0 radical (unpaired) electrons. The van der Waals surface area contributed by atoms with Crippen LogP contribution in [0.4, 0.5) is 5.69 Å². The second kappa shape index (κ2) is 5.48. The minimum Gasteiger partial charge on any atom is -0.454 e.